The predicted octanol–water partition coefficient (Wildman–Crippen LogP) is 2.74. The van der Waals surface area contributed by atoms with Gasteiger partial charge in [0, 0.05) is 34.8 Å². The normalized spacial score (nSPS) is 16.2. The molecule has 0 bridgehead atoms. The number of benzene rings is 2. The lowest BCUT2D eigenvalue weighted by Gasteiger charge is -2.17. The summed E-state index contributed by atoms with van der Waals surface area (Å²) in [6.07, 6.45) is 2.15. The van der Waals surface area contributed by atoms with E-state index in [1.54, 1.807) is 40.9 Å². The van der Waals surface area contributed by atoms with Crippen molar-refractivity contribution in [2.75, 3.05) is 23.0 Å². The van der Waals surface area contributed by atoms with Gasteiger partial charge in [0.15, 0.2) is 5.82 Å². The Bertz CT molecular complexity index is 1110. The molecule has 3 aromatic rings. The molecule has 1 aliphatic heterocycles. The van der Waals surface area contributed by atoms with Crippen molar-refractivity contribution in [3.63, 3.8) is 0 Å². The molecule has 1 saturated heterocycles. The second-order valence-corrected chi connectivity index (χ2v) is 7.50. The molecule has 0 spiro atoms. The third kappa shape index (κ3) is 4.09. The van der Waals surface area contributed by atoms with Crippen LogP contribution in [0.3, 0.4) is 0 Å². The summed E-state index contributed by atoms with van der Waals surface area (Å²) in [6.45, 7) is 0.333. The van der Waals surface area contributed by atoms with E-state index in [9.17, 15) is 14.4 Å². The predicted molar refractivity (Wildman–Crippen MR) is 110 cm³/mol. The zero-order valence-corrected chi connectivity index (χ0v) is 16.4. The smallest absolute Gasteiger partial charge is 0.326 e. The fraction of sp³-hybridized carbons (Fsp3) is 0.200. The number of thioether (sulfide) groups is 1. The average Bonchev–Trinajstić information content (AvgIpc) is 3.34. The van der Waals surface area contributed by atoms with Crippen LogP contribution in [0.5, 0.6) is 0 Å². The van der Waals surface area contributed by atoms with Gasteiger partial charge in [-0.2, -0.15) is 0 Å². The van der Waals surface area contributed by atoms with Crippen molar-refractivity contribution in [1.29, 1.82) is 0 Å². The van der Waals surface area contributed by atoms with E-state index < -0.39 is 11.7 Å². The molecule has 148 valence electrons. The monoisotopic (exact) mass is 410 g/mol. The van der Waals surface area contributed by atoms with Gasteiger partial charge in [-0.15, -0.1) is 11.8 Å². The van der Waals surface area contributed by atoms with E-state index in [-0.39, 0.29) is 24.1 Å². The molecule has 2 amide bonds. The Balaban J connectivity index is 1.45. The van der Waals surface area contributed by atoms with Gasteiger partial charge in [0.25, 0.3) is 0 Å². The number of aromatic nitrogens is 2. The molecular weight excluding hydrogens is 392 g/mol. The Morgan fingerprint density at radius 1 is 1.24 bits per heavy atom. The van der Waals surface area contributed by atoms with Gasteiger partial charge in [-0.1, -0.05) is 17.3 Å². The highest BCUT2D eigenvalue weighted by Crippen LogP contribution is 2.28. The van der Waals surface area contributed by atoms with Crippen molar-refractivity contribution in [1.82, 2.24) is 10.1 Å². The van der Waals surface area contributed by atoms with Crippen molar-refractivity contribution in [3.05, 3.63) is 59.1 Å². The van der Waals surface area contributed by atoms with E-state index in [4.69, 9.17) is 0 Å². The van der Waals surface area contributed by atoms with Crippen molar-refractivity contribution in [2.45, 2.75) is 11.3 Å². The maximum atomic E-state index is 12.7. The van der Waals surface area contributed by atoms with Crippen molar-refractivity contribution in [3.8, 4) is 11.4 Å². The SMILES string of the molecule is CSc1ccc(N2CC(C(=O)Nc3cccc(-c4noc(=O)[nH]4)c3)CC2=O)cc1. The van der Waals surface area contributed by atoms with E-state index in [0.29, 0.717) is 17.8 Å². The number of H-pyrrole nitrogens is 1. The van der Waals surface area contributed by atoms with Crippen LogP contribution in [-0.4, -0.2) is 34.8 Å². The Morgan fingerprint density at radius 2 is 2.03 bits per heavy atom. The van der Waals surface area contributed by atoms with E-state index in [2.05, 4.69) is 20.0 Å². The second-order valence-electron chi connectivity index (χ2n) is 6.62. The summed E-state index contributed by atoms with van der Waals surface area (Å²) in [5.74, 6) is -1.12. The molecule has 1 aromatic heterocycles. The Hall–Kier alpha value is -3.33. The number of nitrogens with zero attached hydrogens (tertiary/aromatic N) is 2. The lowest BCUT2D eigenvalue weighted by atomic mass is 10.1. The summed E-state index contributed by atoms with van der Waals surface area (Å²) < 4.78 is 4.51. The van der Waals surface area contributed by atoms with Crippen LogP contribution in [0, 0.1) is 5.92 Å². The van der Waals surface area contributed by atoms with Crippen molar-refractivity contribution >= 4 is 35.0 Å². The first-order chi connectivity index (χ1) is 14.0. The first-order valence-corrected chi connectivity index (χ1v) is 10.2. The highest BCUT2D eigenvalue weighted by Gasteiger charge is 2.35. The zero-order chi connectivity index (χ0) is 20.4. The Morgan fingerprint density at radius 3 is 2.72 bits per heavy atom. The zero-order valence-electron chi connectivity index (χ0n) is 15.5. The van der Waals surface area contributed by atoms with Gasteiger partial charge in [0.05, 0.1) is 5.92 Å². The van der Waals surface area contributed by atoms with Crippen LogP contribution in [0.4, 0.5) is 11.4 Å². The van der Waals surface area contributed by atoms with E-state index >= 15 is 0 Å². The fourth-order valence-corrected chi connectivity index (χ4v) is 3.65. The third-order valence-corrected chi connectivity index (χ3v) is 5.47. The highest BCUT2D eigenvalue weighted by atomic mass is 32.2. The maximum Gasteiger partial charge on any atom is 0.439 e. The summed E-state index contributed by atoms with van der Waals surface area (Å²) in [6, 6.07) is 14.6. The minimum absolute atomic E-state index is 0.0732. The molecule has 2 heterocycles. The number of carbonyl (C=O) groups excluding carboxylic acids is 2. The molecular formula is C20H18N4O4S. The van der Waals surface area contributed by atoms with Gasteiger partial charge in [-0.25, -0.2) is 4.79 Å². The number of anilines is 2. The topological polar surface area (TPSA) is 108 Å². The van der Waals surface area contributed by atoms with Gasteiger partial charge in [-0.3, -0.25) is 19.1 Å². The van der Waals surface area contributed by atoms with Gasteiger partial charge in [-0.05, 0) is 42.7 Å². The molecule has 9 heteroatoms. The minimum Gasteiger partial charge on any atom is -0.326 e. The van der Waals surface area contributed by atoms with Gasteiger partial charge < -0.3 is 10.2 Å². The first-order valence-electron chi connectivity index (χ1n) is 8.95. The van der Waals surface area contributed by atoms with Gasteiger partial charge in [0.2, 0.25) is 11.8 Å². The molecule has 29 heavy (non-hydrogen) atoms. The van der Waals surface area contributed by atoms with Crippen molar-refractivity contribution < 1.29 is 14.1 Å². The molecule has 0 saturated carbocycles. The van der Waals surface area contributed by atoms with Crippen LogP contribution in [0.1, 0.15) is 6.42 Å². The van der Waals surface area contributed by atoms with Crippen LogP contribution < -0.4 is 16.0 Å². The summed E-state index contributed by atoms with van der Waals surface area (Å²) in [4.78, 5) is 41.5. The molecule has 2 N–H and O–H groups in total. The van der Waals surface area contributed by atoms with Gasteiger partial charge in [0.1, 0.15) is 0 Å². The molecule has 0 aliphatic carbocycles. The van der Waals surface area contributed by atoms with Crippen LogP contribution in [0.25, 0.3) is 11.4 Å². The second kappa shape index (κ2) is 7.96. The number of nitrogens with one attached hydrogen (secondary N) is 2. The lowest BCUT2D eigenvalue weighted by molar-refractivity contribution is -0.122. The Kier molecular flexibility index (Phi) is 5.22. The van der Waals surface area contributed by atoms with Gasteiger partial charge >= 0.3 is 5.76 Å². The molecule has 1 fully saturated rings. The molecule has 1 aliphatic rings. The maximum absolute atomic E-state index is 12.7. The van der Waals surface area contributed by atoms with Crippen LogP contribution >= 0.6 is 11.8 Å². The largest absolute Gasteiger partial charge is 0.439 e. The molecule has 0 radical (unpaired) electrons. The Labute approximate surface area is 170 Å². The molecule has 1 unspecified atom stereocenters. The van der Waals surface area contributed by atoms with E-state index in [1.165, 1.54) is 0 Å². The van der Waals surface area contributed by atoms with Crippen LogP contribution in [0.2, 0.25) is 0 Å². The number of aromatic amines is 1. The van der Waals surface area contributed by atoms with E-state index in [0.717, 1.165) is 10.6 Å². The summed E-state index contributed by atoms with van der Waals surface area (Å²) in [7, 11) is 0. The standard InChI is InChI=1S/C20H18N4O4S/c1-29-16-7-5-15(6-8-16)24-11-13(10-17(24)25)19(26)21-14-4-2-3-12(9-14)18-22-20(27)28-23-18/h2-9,13H,10-11H2,1H3,(H,21,26)(H,22,23,27). The van der Waals surface area contributed by atoms with Crippen LogP contribution in [-0.2, 0) is 9.59 Å². The van der Waals surface area contributed by atoms with Crippen LogP contribution in [0.15, 0.2) is 62.7 Å². The summed E-state index contributed by atoms with van der Waals surface area (Å²) in [5, 5.41) is 6.48. The third-order valence-electron chi connectivity index (χ3n) is 4.72. The van der Waals surface area contributed by atoms with Crippen molar-refractivity contribution in [2.24, 2.45) is 5.92 Å². The number of hydrogen-bond donors (Lipinski definition) is 2. The number of carbonyl (C=O) groups is 2. The molecule has 8 nitrogen and oxygen atoms in total. The highest BCUT2D eigenvalue weighted by molar-refractivity contribution is 7.98. The molecule has 4 rings (SSSR count). The summed E-state index contributed by atoms with van der Waals surface area (Å²) in [5.41, 5.74) is 1.94. The minimum atomic E-state index is -0.649. The molecule has 2 aromatic carbocycles. The number of hydrogen-bond acceptors (Lipinski definition) is 6. The first kappa shape index (κ1) is 19.0. The lowest BCUT2D eigenvalue weighted by Crippen LogP contribution is -2.28. The molecule has 1 atom stereocenters. The average molecular weight is 410 g/mol. The number of rotatable bonds is 5. The fourth-order valence-electron chi connectivity index (χ4n) is 3.24. The summed E-state index contributed by atoms with van der Waals surface area (Å²) >= 11 is 1.63. The van der Waals surface area contributed by atoms with E-state index in [1.807, 2.05) is 30.5 Å². The quantitative estimate of drug-likeness (QED) is 0.626. The number of amides is 2.